The Labute approximate surface area is 398 Å². The van der Waals surface area contributed by atoms with E-state index >= 15 is 0 Å². The highest BCUT2D eigenvalue weighted by Gasteiger charge is 2.29. The van der Waals surface area contributed by atoms with E-state index in [-0.39, 0.29) is 9.79 Å². The summed E-state index contributed by atoms with van der Waals surface area (Å²) in [4.78, 5) is 0.276. The molecule has 8 aromatic carbocycles. The lowest BCUT2D eigenvalue weighted by molar-refractivity contribution is 0.596. The minimum Gasteiger partial charge on any atom is -0.308 e. The van der Waals surface area contributed by atoms with E-state index in [4.69, 9.17) is 0 Å². The second kappa shape index (κ2) is 18.0. The van der Waals surface area contributed by atoms with Crippen molar-refractivity contribution in [1.29, 1.82) is 5.26 Å². The number of rotatable bonds is 15. The van der Waals surface area contributed by atoms with Crippen molar-refractivity contribution in [2.45, 2.75) is 87.8 Å². The Morgan fingerprint density at radius 1 is 0.426 bits per heavy atom. The zero-order valence-corrected chi connectivity index (χ0v) is 39.6. The maximum Gasteiger partial charge on any atom is 0.206 e. The monoisotopic (exact) mass is 906 g/mol. The second-order valence-corrected chi connectivity index (χ2v) is 20.3. The largest absolute Gasteiger partial charge is 0.308 e. The van der Waals surface area contributed by atoms with Gasteiger partial charge in [-0.25, -0.2) is 8.42 Å². The zero-order chi connectivity index (χ0) is 46.4. The van der Waals surface area contributed by atoms with Crippen molar-refractivity contribution in [2.24, 2.45) is 0 Å². The summed E-state index contributed by atoms with van der Waals surface area (Å²) in [6.45, 7) is 4.53. The summed E-state index contributed by atoms with van der Waals surface area (Å²) in [5.74, 6) is 0. The van der Waals surface area contributed by atoms with Crippen molar-refractivity contribution in [3.8, 4) is 23.1 Å². The number of para-hydroxylation sites is 3. The van der Waals surface area contributed by atoms with Gasteiger partial charge in [0.05, 0.1) is 54.5 Å². The van der Waals surface area contributed by atoms with Gasteiger partial charge in [0, 0.05) is 49.4 Å². The molecule has 0 saturated carbocycles. The van der Waals surface area contributed by atoms with Crippen molar-refractivity contribution in [1.82, 2.24) is 13.7 Å². The molecule has 11 aromatic rings. The Morgan fingerprint density at radius 3 is 1.41 bits per heavy atom. The van der Waals surface area contributed by atoms with E-state index in [1.165, 1.54) is 77.3 Å². The van der Waals surface area contributed by atoms with Gasteiger partial charge < -0.3 is 13.7 Å². The van der Waals surface area contributed by atoms with E-state index in [0.717, 1.165) is 86.6 Å². The molecule has 3 aromatic heterocycles. The topological polar surface area (TPSA) is 72.7 Å². The first-order valence-electron chi connectivity index (χ1n) is 24.4. The van der Waals surface area contributed by atoms with Gasteiger partial charge in [-0.15, -0.1) is 0 Å². The van der Waals surface area contributed by atoms with Crippen molar-refractivity contribution >= 4 is 75.3 Å². The molecule has 0 radical (unpaired) electrons. The first-order valence-corrected chi connectivity index (χ1v) is 25.8. The van der Waals surface area contributed by atoms with E-state index in [0.29, 0.717) is 5.56 Å². The molecule has 7 heteroatoms. The Morgan fingerprint density at radius 2 is 0.897 bits per heavy atom. The molecular weight excluding hydrogens is 853 g/mol. The molecule has 0 aliphatic rings. The summed E-state index contributed by atoms with van der Waals surface area (Å²) in [6, 6.07) is 60.2. The minimum atomic E-state index is -3.91. The van der Waals surface area contributed by atoms with Gasteiger partial charge in [-0.1, -0.05) is 125 Å². The third-order valence-electron chi connectivity index (χ3n) is 14.0. The average Bonchev–Trinajstić information content (AvgIpc) is 4.02. The molecule has 0 atom stereocenters. The Balaban J connectivity index is 1.32. The molecule has 336 valence electrons. The van der Waals surface area contributed by atoms with Gasteiger partial charge in [-0.05, 0) is 134 Å². The van der Waals surface area contributed by atoms with Gasteiger partial charge in [0.2, 0.25) is 9.84 Å². The van der Waals surface area contributed by atoms with Crippen LogP contribution in [0.15, 0.2) is 180 Å². The number of hydrogen-bond acceptors (Lipinski definition) is 3. The lowest BCUT2D eigenvalue weighted by atomic mass is 9.99. The van der Waals surface area contributed by atoms with Gasteiger partial charge in [0.1, 0.15) is 0 Å². The van der Waals surface area contributed by atoms with Gasteiger partial charge >= 0.3 is 0 Å². The number of fused-ring (bicyclic) bond motifs is 12. The van der Waals surface area contributed by atoms with Crippen LogP contribution in [0.1, 0.15) is 81.9 Å². The average molecular weight is 907 g/mol. The summed E-state index contributed by atoms with van der Waals surface area (Å²) in [6.07, 6.45) is 11.6. The number of benzene rings is 8. The molecule has 0 aliphatic heterocycles. The van der Waals surface area contributed by atoms with Gasteiger partial charge in [0.15, 0.2) is 0 Å². The number of nitrogens with zero attached hydrogens (tertiary/aromatic N) is 4. The number of unbranched alkanes of at least 4 members (excludes halogenated alkanes) is 6. The van der Waals surface area contributed by atoms with Gasteiger partial charge in [-0.3, -0.25) is 0 Å². The minimum absolute atomic E-state index is 0.100. The first kappa shape index (κ1) is 43.2. The predicted octanol–water partition coefficient (Wildman–Crippen LogP) is 15.9. The quantitative estimate of drug-likeness (QED) is 0.0962. The van der Waals surface area contributed by atoms with Crippen molar-refractivity contribution < 1.29 is 8.42 Å². The first-order chi connectivity index (χ1) is 33.4. The number of aryl methyl sites for hydroxylation is 2. The summed E-state index contributed by atoms with van der Waals surface area (Å²) < 4.78 is 35.6. The second-order valence-electron chi connectivity index (χ2n) is 18.3. The number of aromatic nitrogens is 3. The highest BCUT2D eigenvalue weighted by Crippen LogP contribution is 2.50. The molecule has 6 nitrogen and oxygen atoms in total. The van der Waals surface area contributed by atoms with E-state index in [1.54, 1.807) is 30.3 Å². The third kappa shape index (κ3) is 7.26. The van der Waals surface area contributed by atoms with Crippen LogP contribution in [0, 0.1) is 11.3 Å². The van der Waals surface area contributed by atoms with Crippen LogP contribution in [0.4, 0.5) is 0 Å². The molecule has 0 saturated heterocycles. The summed E-state index contributed by atoms with van der Waals surface area (Å²) in [5, 5.41) is 16.7. The summed E-state index contributed by atoms with van der Waals surface area (Å²) in [7, 11) is -3.91. The SMILES string of the molecule is CCCCCCc1ccc2c(c1)c1c(c3c4ccccc4n(-c4ccccc4)c3c3c4cc(CCCCCC)ccc4n(-c4ccccc4)c31)n2-c1ccc(S(=O)(=O)c2cccc(C#N)c2)cc1. The van der Waals surface area contributed by atoms with Crippen LogP contribution < -0.4 is 0 Å². The van der Waals surface area contributed by atoms with Gasteiger partial charge in [-0.2, -0.15) is 5.26 Å². The van der Waals surface area contributed by atoms with Crippen LogP contribution in [0.25, 0.3) is 82.5 Å². The fourth-order valence-corrected chi connectivity index (χ4v) is 12.1. The highest BCUT2D eigenvalue weighted by atomic mass is 32.2. The normalized spacial score (nSPS) is 12.1. The van der Waals surface area contributed by atoms with E-state index in [1.807, 2.05) is 12.1 Å². The van der Waals surface area contributed by atoms with Crippen LogP contribution in [-0.4, -0.2) is 22.1 Å². The molecule has 0 unspecified atom stereocenters. The van der Waals surface area contributed by atoms with E-state index in [2.05, 4.69) is 155 Å². The lowest BCUT2D eigenvalue weighted by Crippen LogP contribution is -2.03. The van der Waals surface area contributed by atoms with Crippen LogP contribution in [0.2, 0.25) is 0 Å². The molecule has 3 heterocycles. The third-order valence-corrected chi connectivity index (χ3v) is 15.8. The smallest absolute Gasteiger partial charge is 0.206 e. The zero-order valence-electron chi connectivity index (χ0n) is 38.8. The molecule has 0 aliphatic carbocycles. The standard InChI is InChI=1S/C61H54N4O2S/c1-3-5-7-11-20-42-30-36-54-51(39-42)57-59-56(50-28-17-18-29-53(50)63(59)45-23-13-9-14-24-45)60-58(61(57)64(54)46-25-15-10-16-26-46)52-40-43(21-12-8-6-4-2)31-37-55(52)65(60)47-32-34-48(35-33-47)68(66,67)49-27-19-22-44(38-49)41-62/h9-10,13-19,22-40H,3-8,11-12,20-21H2,1-2H3. The molecule has 68 heavy (non-hydrogen) atoms. The van der Waals surface area contributed by atoms with Crippen molar-refractivity contribution in [3.63, 3.8) is 0 Å². The molecule has 0 spiro atoms. The molecule has 11 rings (SSSR count). The van der Waals surface area contributed by atoms with Crippen LogP contribution in [-0.2, 0) is 22.7 Å². The van der Waals surface area contributed by atoms with Crippen LogP contribution >= 0.6 is 0 Å². The van der Waals surface area contributed by atoms with Crippen molar-refractivity contribution in [3.05, 3.63) is 187 Å². The maximum absolute atomic E-state index is 14.1. The summed E-state index contributed by atoms with van der Waals surface area (Å²) >= 11 is 0. The van der Waals surface area contributed by atoms with Gasteiger partial charge in [0.25, 0.3) is 0 Å². The molecule has 0 fully saturated rings. The molecule has 0 N–H and O–H groups in total. The lowest BCUT2D eigenvalue weighted by Gasteiger charge is -2.14. The number of hydrogen-bond donors (Lipinski definition) is 0. The molecule has 0 bridgehead atoms. The fourth-order valence-electron chi connectivity index (χ4n) is 10.8. The highest BCUT2D eigenvalue weighted by molar-refractivity contribution is 7.91. The molecule has 0 amide bonds. The fraction of sp³-hybridized carbons (Fsp3) is 0.197. The van der Waals surface area contributed by atoms with Crippen LogP contribution in [0.5, 0.6) is 0 Å². The maximum atomic E-state index is 14.1. The summed E-state index contributed by atoms with van der Waals surface area (Å²) in [5.41, 5.74) is 12.7. The Kier molecular flexibility index (Phi) is 11.4. The molecular formula is C61H54N4O2S. The predicted molar refractivity (Wildman–Crippen MR) is 282 cm³/mol. The van der Waals surface area contributed by atoms with E-state index in [9.17, 15) is 13.7 Å². The number of sulfone groups is 1. The number of nitriles is 1. The van der Waals surface area contributed by atoms with E-state index < -0.39 is 9.84 Å². The van der Waals surface area contributed by atoms with Crippen molar-refractivity contribution in [2.75, 3.05) is 0 Å². The van der Waals surface area contributed by atoms with Crippen LogP contribution in [0.3, 0.4) is 0 Å². The Bertz CT molecular complexity index is 3840. The Hall–Kier alpha value is -7.40.